The number of carbonyl (C=O) groups excluding carboxylic acids is 2. The van der Waals surface area contributed by atoms with Crippen LogP contribution in [0.2, 0.25) is 0 Å². The van der Waals surface area contributed by atoms with Crippen molar-refractivity contribution in [2.45, 2.75) is 501 Å². The van der Waals surface area contributed by atoms with E-state index in [0.717, 1.165) is 38.5 Å². The van der Waals surface area contributed by atoms with Gasteiger partial charge >= 0.3 is 5.97 Å². The lowest BCUT2D eigenvalue weighted by molar-refractivity contribution is -0.143. The predicted octanol–water partition coefficient (Wildman–Crippen LogP) is 28.4. The minimum Gasteiger partial charge on any atom is -0.466 e. The van der Waals surface area contributed by atoms with Crippen molar-refractivity contribution in [3.8, 4) is 0 Å². The third-order valence-corrected chi connectivity index (χ3v) is 20.2. The topological polar surface area (TPSA) is 95.9 Å². The van der Waals surface area contributed by atoms with Gasteiger partial charge in [0.1, 0.15) is 0 Å². The molecule has 0 aliphatic carbocycles. The average Bonchev–Trinajstić information content (AvgIpc) is 3.75. The van der Waals surface area contributed by atoms with Crippen molar-refractivity contribution in [2.75, 3.05) is 13.2 Å². The monoisotopic (exact) mass is 1290 g/mol. The summed E-state index contributed by atoms with van der Waals surface area (Å²) in [5, 5.41) is 23.3. The second kappa shape index (κ2) is 81.8. The second-order valence-corrected chi connectivity index (χ2v) is 29.5. The molecule has 3 N–H and O–H groups in total. The molecule has 0 radical (unpaired) electrons. The normalized spacial score (nSPS) is 12.5. The molecule has 0 aliphatic heterocycles. The van der Waals surface area contributed by atoms with Gasteiger partial charge in [-0.25, -0.2) is 0 Å². The summed E-state index contributed by atoms with van der Waals surface area (Å²) >= 11 is 0. The molecule has 92 heavy (non-hydrogen) atoms. The van der Waals surface area contributed by atoms with Gasteiger partial charge in [0.25, 0.3) is 0 Å². The molecule has 0 spiro atoms. The van der Waals surface area contributed by atoms with Crippen LogP contribution in [0.1, 0.15) is 489 Å². The fourth-order valence-electron chi connectivity index (χ4n) is 13.8. The van der Waals surface area contributed by atoms with E-state index in [-0.39, 0.29) is 18.5 Å². The molecule has 0 rings (SSSR count). The number of nitrogens with one attached hydrogen (secondary N) is 1. The molecule has 6 heteroatoms. The predicted molar refractivity (Wildman–Crippen MR) is 407 cm³/mol. The van der Waals surface area contributed by atoms with Crippen molar-refractivity contribution in [2.24, 2.45) is 0 Å². The van der Waals surface area contributed by atoms with Gasteiger partial charge in [-0.05, 0) is 57.8 Å². The number of hydrogen-bond acceptors (Lipinski definition) is 5. The lowest BCUT2D eigenvalue weighted by Gasteiger charge is -2.20. The number of esters is 1. The van der Waals surface area contributed by atoms with E-state index >= 15 is 0 Å². The third-order valence-electron chi connectivity index (χ3n) is 20.2. The SMILES string of the molecule is CCCCCCCCCCCCCCCCCCC/C=C/C(O)C(CO)NC(=O)CCCCCCCCCCCCCCCCCCC/C=C\CCCCCCCCCCCCCCCCCCCCOC(=O)CCCCCCCCCCCCCCCCCCC. The molecule has 0 bridgehead atoms. The van der Waals surface area contributed by atoms with Crippen LogP contribution in [0, 0.1) is 0 Å². The molecule has 0 saturated heterocycles. The van der Waals surface area contributed by atoms with Gasteiger partial charge in [-0.2, -0.15) is 0 Å². The Bertz CT molecular complexity index is 1450. The Kier molecular flexibility index (Phi) is 80.3. The zero-order chi connectivity index (χ0) is 66.3. The number of ether oxygens (including phenoxy) is 1. The van der Waals surface area contributed by atoms with Gasteiger partial charge in [0.05, 0.1) is 25.4 Å². The zero-order valence-electron chi connectivity index (χ0n) is 62.8. The number of allylic oxidation sites excluding steroid dienone is 3. The Morgan fingerprint density at radius 3 is 0.772 bits per heavy atom. The summed E-state index contributed by atoms with van der Waals surface area (Å²) in [4.78, 5) is 24.7. The lowest BCUT2D eigenvalue weighted by atomic mass is 10.0. The van der Waals surface area contributed by atoms with Crippen LogP contribution < -0.4 is 5.32 Å². The Balaban J connectivity index is 3.33. The lowest BCUT2D eigenvalue weighted by Crippen LogP contribution is -2.45. The first-order chi connectivity index (χ1) is 45.5. The molecule has 0 heterocycles. The fourth-order valence-corrected chi connectivity index (χ4v) is 13.8. The number of rotatable bonds is 81. The van der Waals surface area contributed by atoms with Gasteiger partial charge in [0, 0.05) is 12.8 Å². The van der Waals surface area contributed by atoms with Crippen molar-refractivity contribution < 1.29 is 24.5 Å². The molecule has 0 aromatic carbocycles. The number of hydrogen-bond donors (Lipinski definition) is 3. The van der Waals surface area contributed by atoms with Crippen LogP contribution in [-0.4, -0.2) is 47.4 Å². The number of amides is 1. The highest BCUT2D eigenvalue weighted by Gasteiger charge is 2.18. The van der Waals surface area contributed by atoms with Crippen LogP contribution in [0.25, 0.3) is 0 Å². The maximum atomic E-state index is 12.5. The van der Waals surface area contributed by atoms with Gasteiger partial charge < -0.3 is 20.3 Å². The number of aliphatic hydroxyl groups is 2. The van der Waals surface area contributed by atoms with Gasteiger partial charge in [-0.1, -0.05) is 443 Å². The first-order valence-electron chi connectivity index (χ1n) is 42.6. The molecule has 6 nitrogen and oxygen atoms in total. The average molecular weight is 1300 g/mol. The van der Waals surface area contributed by atoms with Crippen molar-refractivity contribution in [1.82, 2.24) is 5.32 Å². The van der Waals surface area contributed by atoms with Crippen LogP contribution in [0.5, 0.6) is 0 Å². The Morgan fingerprint density at radius 2 is 0.511 bits per heavy atom. The molecule has 0 saturated carbocycles. The number of unbranched alkanes of at least 4 members (excludes halogenated alkanes) is 68. The number of carbonyl (C=O) groups is 2. The summed E-state index contributed by atoms with van der Waals surface area (Å²) in [7, 11) is 0. The molecule has 0 fully saturated rings. The zero-order valence-corrected chi connectivity index (χ0v) is 62.8. The van der Waals surface area contributed by atoms with Crippen molar-refractivity contribution in [3.05, 3.63) is 24.3 Å². The minimum absolute atomic E-state index is 0.0274. The minimum atomic E-state index is -0.842. The second-order valence-electron chi connectivity index (χ2n) is 29.5. The third kappa shape index (κ3) is 77.3. The smallest absolute Gasteiger partial charge is 0.305 e. The summed E-state index contributed by atoms with van der Waals surface area (Å²) in [5.74, 6) is -0.0315. The van der Waals surface area contributed by atoms with Crippen molar-refractivity contribution in [3.63, 3.8) is 0 Å². The van der Waals surface area contributed by atoms with E-state index in [9.17, 15) is 19.8 Å². The highest BCUT2D eigenvalue weighted by Crippen LogP contribution is 2.21. The van der Waals surface area contributed by atoms with Gasteiger partial charge in [0.2, 0.25) is 5.91 Å². The van der Waals surface area contributed by atoms with Crippen molar-refractivity contribution in [1.29, 1.82) is 0 Å². The Morgan fingerprint density at radius 1 is 0.293 bits per heavy atom. The molecular weight excluding hydrogens is 1130 g/mol. The number of aliphatic hydroxyl groups excluding tert-OH is 2. The van der Waals surface area contributed by atoms with E-state index in [1.54, 1.807) is 6.08 Å². The quantitative estimate of drug-likeness (QED) is 0.0320. The van der Waals surface area contributed by atoms with E-state index in [4.69, 9.17) is 4.74 Å². The Hall–Kier alpha value is -1.66. The first kappa shape index (κ1) is 90.3. The van der Waals surface area contributed by atoms with Crippen LogP contribution in [0.15, 0.2) is 24.3 Å². The van der Waals surface area contributed by atoms with Crippen LogP contribution in [0.3, 0.4) is 0 Å². The summed E-state index contributed by atoms with van der Waals surface area (Å²) in [6.07, 6.45) is 106. The molecule has 546 valence electrons. The van der Waals surface area contributed by atoms with Crippen LogP contribution in [0.4, 0.5) is 0 Å². The summed E-state index contributed by atoms with van der Waals surface area (Å²) in [5.41, 5.74) is 0. The molecule has 2 atom stereocenters. The molecule has 0 aliphatic rings. The van der Waals surface area contributed by atoms with E-state index < -0.39 is 12.1 Å². The van der Waals surface area contributed by atoms with Crippen LogP contribution >= 0.6 is 0 Å². The van der Waals surface area contributed by atoms with Gasteiger partial charge in [0.15, 0.2) is 0 Å². The molecule has 0 aromatic rings. The highest BCUT2D eigenvalue weighted by molar-refractivity contribution is 5.76. The molecule has 2 unspecified atom stereocenters. The molecule has 0 aromatic heterocycles. The first-order valence-corrected chi connectivity index (χ1v) is 42.6. The summed E-state index contributed by atoms with van der Waals surface area (Å²) < 4.78 is 5.52. The summed E-state index contributed by atoms with van der Waals surface area (Å²) in [6.45, 7) is 4.97. The van der Waals surface area contributed by atoms with E-state index in [0.29, 0.717) is 19.4 Å². The maximum absolute atomic E-state index is 12.5. The van der Waals surface area contributed by atoms with Gasteiger partial charge in [-0.3, -0.25) is 9.59 Å². The van der Waals surface area contributed by atoms with Gasteiger partial charge in [-0.15, -0.1) is 0 Å². The molecule has 1 amide bonds. The van der Waals surface area contributed by atoms with E-state index in [1.807, 2.05) is 6.08 Å². The van der Waals surface area contributed by atoms with E-state index in [1.165, 1.54) is 424 Å². The molecular formula is C86H167NO5. The standard InChI is InChI=1S/C86H167NO5/c1-3-5-7-9-11-13-15-17-19-21-43-47-50-54-58-62-66-70-74-78-84(89)83(82-88)87-85(90)79-75-71-67-63-59-55-51-48-44-41-39-37-35-33-31-29-27-25-23-22-24-26-28-30-32-34-36-38-40-42-45-49-53-57-61-65-69-73-77-81-92-86(91)80-76-72-68-64-60-56-52-46-20-18-16-14-12-10-8-6-4-2/h22-23,74,78,83-84,88-89H,3-21,24-73,75-77,79-82H2,1-2H3,(H,87,90)/b23-22-,78-74+. The van der Waals surface area contributed by atoms with E-state index in [2.05, 4.69) is 31.3 Å². The van der Waals surface area contributed by atoms with Crippen molar-refractivity contribution >= 4 is 11.9 Å². The largest absolute Gasteiger partial charge is 0.466 e. The summed E-state index contributed by atoms with van der Waals surface area (Å²) in [6, 6.07) is -0.625. The maximum Gasteiger partial charge on any atom is 0.305 e. The van der Waals surface area contributed by atoms with Crippen LogP contribution in [-0.2, 0) is 14.3 Å². The fraction of sp³-hybridized carbons (Fsp3) is 0.930. The highest BCUT2D eigenvalue weighted by atomic mass is 16.5. The Labute approximate surface area is 577 Å².